The largest absolute Gasteiger partial charge is 0.480 e. The first-order valence-corrected chi connectivity index (χ1v) is 2.72. The van der Waals surface area contributed by atoms with Gasteiger partial charge in [-0.15, -0.1) is 0 Å². The molecule has 0 fully saturated rings. The summed E-state index contributed by atoms with van der Waals surface area (Å²) in [5.74, 6) is -1.40. The van der Waals surface area contributed by atoms with E-state index in [2.05, 4.69) is 0 Å². The molecular weight excluding hydrogens is 132 g/mol. The standard InChI is InChI=1S/C6H14N2O2/c7-4-2-1-3-5(8)6(9)10/h5H,1-4,7-8H2,(H,9,10)/t5-/m0/s1/i1D,2D,3D,4D/t1-,2+,3-,4-,5-. The summed E-state index contributed by atoms with van der Waals surface area (Å²) < 4.78 is 28.8. The van der Waals surface area contributed by atoms with E-state index in [0.717, 1.165) is 0 Å². The Morgan fingerprint density at radius 1 is 1.70 bits per heavy atom. The Labute approximate surface area is 65.8 Å². The molecule has 5 atom stereocenters. The van der Waals surface area contributed by atoms with E-state index in [1.165, 1.54) is 0 Å². The number of hydrogen-bond acceptors (Lipinski definition) is 3. The minimum absolute atomic E-state index is 1.33. The molecule has 0 heterocycles. The predicted octanol–water partition coefficient (Wildman–Crippen LogP) is -0.473. The number of rotatable bonds is 5. The van der Waals surface area contributed by atoms with Crippen LogP contribution in [-0.4, -0.2) is 23.6 Å². The van der Waals surface area contributed by atoms with Gasteiger partial charge in [-0.2, -0.15) is 0 Å². The van der Waals surface area contributed by atoms with E-state index < -0.39 is 37.7 Å². The fourth-order valence-electron chi connectivity index (χ4n) is 0.330. The molecule has 0 amide bonds. The van der Waals surface area contributed by atoms with Crippen LogP contribution in [-0.2, 0) is 4.79 Å². The third-order valence-electron chi connectivity index (χ3n) is 0.826. The third-order valence-corrected chi connectivity index (χ3v) is 0.826. The molecule has 60 valence electrons. The van der Waals surface area contributed by atoms with Gasteiger partial charge in [0.15, 0.2) is 0 Å². The van der Waals surface area contributed by atoms with Crippen molar-refractivity contribution in [1.82, 2.24) is 0 Å². The van der Waals surface area contributed by atoms with E-state index in [1.807, 2.05) is 0 Å². The lowest BCUT2D eigenvalue weighted by Crippen LogP contribution is -2.29. The summed E-state index contributed by atoms with van der Waals surface area (Å²) >= 11 is 0. The maximum absolute atomic E-state index is 10.4. The van der Waals surface area contributed by atoms with Gasteiger partial charge >= 0.3 is 5.97 Å². The highest BCUT2D eigenvalue weighted by atomic mass is 16.4. The molecule has 0 unspecified atom stereocenters. The minimum atomic E-state index is -1.52. The van der Waals surface area contributed by atoms with Gasteiger partial charge in [0.2, 0.25) is 0 Å². The van der Waals surface area contributed by atoms with Gasteiger partial charge in [-0.1, -0.05) is 6.40 Å². The first kappa shape index (κ1) is 4.31. The molecule has 0 saturated carbocycles. The molecule has 0 rings (SSSR count). The van der Waals surface area contributed by atoms with Gasteiger partial charge in [0.1, 0.15) is 6.04 Å². The van der Waals surface area contributed by atoms with Crippen molar-refractivity contribution in [2.75, 3.05) is 6.52 Å². The number of carboxylic acids is 1. The van der Waals surface area contributed by atoms with Crippen LogP contribution in [0, 0.1) is 0 Å². The summed E-state index contributed by atoms with van der Waals surface area (Å²) in [7, 11) is 0. The van der Waals surface area contributed by atoms with Crippen LogP contribution < -0.4 is 11.5 Å². The average Bonchev–Trinajstić information content (AvgIpc) is 2.12. The van der Waals surface area contributed by atoms with Crippen molar-refractivity contribution < 1.29 is 15.4 Å². The molecule has 0 bridgehead atoms. The molecule has 0 aromatic rings. The Kier molecular flexibility index (Phi) is 2.24. The van der Waals surface area contributed by atoms with Gasteiger partial charge in [0, 0.05) is 5.48 Å². The fourth-order valence-corrected chi connectivity index (χ4v) is 0.330. The maximum Gasteiger partial charge on any atom is 0.320 e. The van der Waals surface area contributed by atoms with Gasteiger partial charge in [0.05, 0.1) is 0 Å². The molecule has 4 nitrogen and oxygen atoms in total. The highest BCUT2D eigenvalue weighted by Gasteiger charge is 2.09. The Morgan fingerprint density at radius 3 is 2.70 bits per heavy atom. The summed E-state index contributed by atoms with van der Waals surface area (Å²) in [5.41, 5.74) is 10.1. The van der Waals surface area contributed by atoms with Crippen LogP contribution in [0.1, 0.15) is 24.7 Å². The summed E-state index contributed by atoms with van der Waals surface area (Å²) in [5, 5.41) is 8.45. The first-order valence-electron chi connectivity index (χ1n) is 5.03. The van der Waals surface area contributed by atoms with Gasteiger partial charge in [-0.3, -0.25) is 4.79 Å². The lowest BCUT2D eigenvalue weighted by atomic mass is 10.1. The second kappa shape index (κ2) is 5.20. The van der Waals surface area contributed by atoms with Crippen molar-refractivity contribution in [2.24, 2.45) is 11.5 Å². The smallest absolute Gasteiger partial charge is 0.320 e. The summed E-state index contributed by atoms with van der Waals surface area (Å²) in [4.78, 5) is 10.4. The molecule has 10 heavy (non-hydrogen) atoms. The molecule has 5 N–H and O–H groups in total. The van der Waals surface area contributed by atoms with Crippen molar-refractivity contribution in [3.63, 3.8) is 0 Å². The molecule has 0 aliphatic rings. The molecule has 4 heteroatoms. The first-order chi connectivity index (χ1) is 6.29. The van der Waals surface area contributed by atoms with Crippen LogP contribution in [0.15, 0.2) is 0 Å². The maximum atomic E-state index is 10.4. The van der Waals surface area contributed by atoms with Crippen molar-refractivity contribution in [3.8, 4) is 0 Å². The van der Waals surface area contributed by atoms with Crippen LogP contribution in [0.5, 0.6) is 0 Å². The molecule has 0 radical (unpaired) electrons. The minimum Gasteiger partial charge on any atom is -0.480 e. The van der Waals surface area contributed by atoms with E-state index >= 15 is 0 Å². The molecule has 0 aromatic heterocycles. The third kappa shape index (κ3) is 4.29. The molecule has 0 spiro atoms. The quantitative estimate of drug-likeness (QED) is 0.494. The molecule has 0 aromatic carbocycles. The Hall–Kier alpha value is -0.610. The zero-order valence-electron chi connectivity index (χ0n) is 9.40. The second-order valence-corrected chi connectivity index (χ2v) is 1.63. The number of carbonyl (C=O) groups is 1. The monoisotopic (exact) mass is 150 g/mol. The number of aliphatic carboxylic acids is 1. The summed E-state index contributed by atoms with van der Waals surface area (Å²) in [6.45, 7) is -1.33. The predicted molar refractivity (Wildman–Crippen MR) is 38.5 cm³/mol. The SMILES string of the molecule is [2H][C@@H]([C@@H]([2H])[C@H]([2H])N)[C@H]([2H])[C@H](N)C(=O)O. The van der Waals surface area contributed by atoms with E-state index in [0.29, 0.717) is 0 Å². The number of carboxylic acid groups (broad SMARTS) is 1. The van der Waals surface area contributed by atoms with Gasteiger partial charge in [-0.05, 0) is 19.3 Å². The molecule has 0 aliphatic carbocycles. The van der Waals surface area contributed by atoms with Crippen molar-refractivity contribution in [1.29, 1.82) is 0 Å². The fraction of sp³-hybridized carbons (Fsp3) is 0.833. The van der Waals surface area contributed by atoms with Crippen LogP contribution >= 0.6 is 0 Å². The van der Waals surface area contributed by atoms with E-state index in [1.54, 1.807) is 0 Å². The average molecular weight is 150 g/mol. The van der Waals surface area contributed by atoms with Crippen LogP contribution in [0.2, 0.25) is 0 Å². The van der Waals surface area contributed by atoms with Crippen molar-refractivity contribution in [3.05, 3.63) is 0 Å². The Bertz CT molecular complexity index is 204. The highest BCUT2D eigenvalue weighted by Crippen LogP contribution is 1.96. The zero-order chi connectivity index (χ0) is 11.5. The second-order valence-electron chi connectivity index (χ2n) is 1.63. The van der Waals surface area contributed by atoms with Crippen molar-refractivity contribution in [2.45, 2.75) is 25.2 Å². The normalized spacial score (nSPS) is 31.4. The van der Waals surface area contributed by atoms with Crippen molar-refractivity contribution >= 4 is 5.97 Å². The topological polar surface area (TPSA) is 89.3 Å². The molecular formula is C6H14N2O2. The number of nitrogens with two attached hydrogens (primary N) is 2. The van der Waals surface area contributed by atoms with Gasteiger partial charge in [-0.25, -0.2) is 0 Å². The van der Waals surface area contributed by atoms with E-state index in [9.17, 15) is 4.79 Å². The van der Waals surface area contributed by atoms with Crippen LogP contribution in [0.25, 0.3) is 0 Å². The van der Waals surface area contributed by atoms with E-state index in [4.69, 9.17) is 22.1 Å². The molecule has 0 aliphatic heterocycles. The van der Waals surface area contributed by atoms with Crippen LogP contribution in [0.4, 0.5) is 0 Å². The van der Waals surface area contributed by atoms with Gasteiger partial charge < -0.3 is 16.6 Å². The number of hydrogen-bond donors (Lipinski definition) is 3. The lowest BCUT2D eigenvalue weighted by molar-refractivity contribution is -0.138. The van der Waals surface area contributed by atoms with Gasteiger partial charge in [0.25, 0.3) is 0 Å². The highest BCUT2D eigenvalue weighted by molar-refractivity contribution is 5.72. The Morgan fingerprint density at radius 2 is 2.30 bits per heavy atom. The summed E-state index contributed by atoms with van der Waals surface area (Å²) in [6, 6.07) is -1.52. The Balaban J connectivity index is 4.37. The van der Waals surface area contributed by atoms with E-state index in [-0.39, 0.29) is 0 Å². The molecule has 0 saturated heterocycles. The zero-order valence-corrected chi connectivity index (χ0v) is 5.40. The van der Waals surface area contributed by atoms with Crippen LogP contribution in [0.3, 0.4) is 0 Å². The lowest BCUT2D eigenvalue weighted by Gasteiger charge is -2.03. The summed E-state index contributed by atoms with van der Waals surface area (Å²) in [6.07, 6.45) is -4.18.